The Morgan fingerprint density at radius 2 is 1.74 bits per heavy atom. The summed E-state index contributed by atoms with van der Waals surface area (Å²) in [6, 6.07) is 0.426. The molecule has 0 atom stereocenters. The molecule has 0 unspecified atom stereocenters. The molecule has 0 aromatic rings. The number of nitrogens with two attached hydrogens (primary N) is 1. The van der Waals surface area contributed by atoms with Gasteiger partial charge < -0.3 is 11.1 Å². The molecule has 1 rings (SSSR count). The highest BCUT2D eigenvalue weighted by atomic mass is 35.5. The van der Waals surface area contributed by atoms with Gasteiger partial charge in [0.15, 0.2) is 0 Å². The van der Waals surface area contributed by atoms with Crippen molar-refractivity contribution in [3.8, 4) is 0 Å². The lowest BCUT2D eigenvalue weighted by molar-refractivity contribution is -0.122. The van der Waals surface area contributed by atoms with Crippen molar-refractivity contribution in [1.29, 1.82) is 0 Å². The van der Waals surface area contributed by atoms with Crippen LogP contribution in [0.25, 0.3) is 0 Å². The maximum Gasteiger partial charge on any atom is 0.220 e. The van der Waals surface area contributed by atoms with E-state index in [9.17, 15) is 4.79 Å². The minimum atomic E-state index is 0. The maximum atomic E-state index is 11.8. The second-order valence-electron chi connectivity index (χ2n) is 6.46. The van der Waals surface area contributed by atoms with Crippen molar-refractivity contribution in [2.75, 3.05) is 6.54 Å². The normalized spacial score (nSPS) is 18.7. The quantitative estimate of drug-likeness (QED) is 0.706. The first-order valence-corrected chi connectivity index (χ1v) is 7.53. The second kappa shape index (κ2) is 9.60. The molecule has 19 heavy (non-hydrogen) atoms. The van der Waals surface area contributed by atoms with Crippen LogP contribution >= 0.6 is 12.4 Å². The molecule has 1 aliphatic carbocycles. The van der Waals surface area contributed by atoms with Gasteiger partial charge in [0.2, 0.25) is 5.91 Å². The Hall–Kier alpha value is -0.280. The van der Waals surface area contributed by atoms with E-state index in [1.54, 1.807) is 0 Å². The molecule has 0 bridgehead atoms. The van der Waals surface area contributed by atoms with E-state index in [2.05, 4.69) is 19.2 Å². The van der Waals surface area contributed by atoms with Gasteiger partial charge >= 0.3 is 0 Å². The van der Waals surface area contributed by atoms with Gasteiger partial charge in [0.25, 0.3) is 0 Å². The summed E-state index contributed by atoms with van der Waals surface area (Å²) in [5, 5.41) is 3.18. The van der Waals surface area contributed by atoms with Gasteiger partial charge in [-0.3, -0.25) is 4.79 Å². The third kappa shape index (κ3) is 8.48. The fourth-order valence-electron chi connectivity index (χ4n) is 2.63. The van der Waals surface area contributed by atoms with E-state index in [1.807, 2.05) is 0 Å². The van der Waals surface area contributed by atoms with Crippen molar-refractivity contribution in [1.82, 2.24) is 5.32 Å². The lowest BCUT2D eigenvalue weighted by atomic mass is 9.75. The van der Waals surface area contributed by atoms with E-state index in [-0.39, 0.29) is 18.3 Å². The number of carbonyl (C=O) groups is 1. The summed E-state index contributed by atoms with van der Waals surface area (Å²) in [4.78, 5) is 11.8. The van der Waals surface area contributed by atoms with Gasteiger partial charge in [0.1, 0.15) is 0 Å². The summed E-state index contributed by atoms with van der Waals surface area (Å²) < 4.78 is 0. The summed E-state index contributed by atoms with van der Waals surface area (Å²) in [5.41, 5.74) is 5.91. The lowest BCUT2D eigenvalue weighted by Gasteiger charge is -2.34. The Morgan fingerprint density at radius 1 is 1.16 bits per heavy atom. The molecule has 0 spiro atoms. The molecule has 4 heteroatoms. The Bertz CT molecular complexity index is 247. The zero-order chi connectivity index (χ0) is 13.4. The molecule has 0 saturated heterocycles. The fourth-order valence-corrected chi connectivity index (χ4v) is 2.63. The van der Waals surface area contributed by atoms with Crippen molar-refractivity contribution in [2.45, 2.75) is 77.7 Å². The molecule has 1 saturated carbocycles. The minimum Gasteiger partial charge on any atom is -0.353 e. The molecule has 0 aromatic heterocycles. The first kappa shape index (κ1) is 18.7. The highest BCUT2D eigenvalue weighted by molar-refractivity contribution is 5.85. The number of hydrogen-bond acceptors (Lipinski definition) is 2. The van der Waals surface area contributed by atoms with E-state index < -0.39 is 0 Å². The Balaban J connectivity index is 0.00000324. The van der Waals surface area contributed by atoms with Crippen LogP contribution in [-0.4, -0.2) is 18.5 Å². The van der Waals surface area contributed by atoms with E-state index in [4.69, 9.17) is 5.73 Å². The highest BCUT2D eigenvalue weighted by Crippen LogP contribution is 2.34. The van der Waals surface area contributed by atoms with Crippen molar-refractivity contribution < 1.29 is 4.79 Å². The molecule has 1 amide bonds. The van der Waals surface area contributed by atoms with Crippen molar-refractivity contribution in [3.05, 3.63) is 0 Å². The fraction of sp³-hybridized carbons (Fsp3) is 0.933. The van der Waals surface area contributed by atoms with Gasteiger partial charge in [-0.2, -0.15) is 0 Å². The van der Waals surface area contributed by atoms with Crippen LogP contribution in [0.3, 0.4) is 0 Å². The molecule has 114 valence electrons. The average Bonchev–Trinajstić information content (AvgIpc) is 2.32. The van der Waals surface area contributed by atoms with Gasteiger partial charge in [-0.05, 0) is 50.5 Å². The molecule has 0 radical (unpaired) electrons. The number of amides is 1. The maximum absolute atomic E-state index is 11.8. The number of rotatable bonds is 7. The van der Waals surface area contributed by atoms with E-state index in [1.165, 1.54) is 12.8 Å². The number of hydrogen-bond donors (Lipinski definition) is 2. The smallest absolute Gasteiger partial charge is 0.220 e. The monoisotopic (exact) mass is 290 g/mol. The van der Waals surface area contributed by atoms with Gasteiger partial charge in [0.05, 0.1) is 0 Å². The van der Waals surface area contributed by atoms with Crippen LogP contribution in [0.5, 0.6) is 0 Å². The molecular formula is C15H31ClN2O. The summed E-state index contributed by atoms with van der Waals surface area (Å²) in [6.45, 7) is 5.41. The van der Waals surface area contributed by atoms with Crippen LogP contribution in [0, 0.1) is 5.41 Å². The third-order valence-corrected chi connectivity index (χ3v) is 4.06. The van der Waals surface area contributed by atoms with E-state index in [0.29, 0.717) is 17.9 Å². The standard InChI is InChI=1S/C15H30N2O.ClH/c1-15(2)10-8-13(9-11-15)17-14(18)7-5-3-4-6-12-16;/h13H,3-12,16H2,1-2H3,(H,17,18);1H. The van der Waals surface area contributed by atoms with Gasteiger partial charge in [0, 0.05) is 12.5 Å². The number of nitrogens with one attached hydrogen (secondary N) is 1. The predicted molar refractivity (Wildman–Crippen MR) is 83.6 cm³/mol. The van der Waals surface area contributed by atoms with Crippen LogP contribution in [0.1, 0.15) is 71.6 Å². The largest absolute Gasteiger partial charge is 0.353 e. The van der Waals surface area contributed by atoms with Crippen molar-refractivity contribution in [3.63, 3.8) is 0 Å². The summed E-state index contributed by atoms with van der Waals surface area (Å²) in [7, 11) is 0. The van der Waals surface area contributed by atoms with Crippen LogP contribution < -0.4 is 11.1 Å². The number of halogens is 1. The average molecular weight is 291 g/mol. The minimum absolute atomic E-state index is 0. The van der Waals surface area contributed by atoms with Gasteiger partial charge in [-0.15, -0.1) is 12.4 Å². The molecule has 0 aromatic carbocycles. The summed E-state index contributed by atoms with van der Waals surface area (Å²) in [6.07, 6.45) is 9.80. The lowest BCUT2D eigenvalue weighted by Crippen LogP contribution is -2.39. The molecule has 3 N–H and O–H groups in total. The van der Waals surface area contributed by atoms with Crippen LogP contribution in [0.2, 0.25) is 0 Å². The Labute approximate surface area is 124 Å². The first-order valence-electron chi connectivity index (χ1n) is 7.53. The zero-order valence-electron chi connectivity index (χ0n) is 12.5. The van der Waals surface area contributed by atoms with Crippen molar-refractivity contribution >= 4 is 18.3 Å². The Morgan fingerprint density at radius 3 is 2.32 bits per heavy atom. The highest BCUT2D eigenvalue weighted by Gasteiger charge is 2.27. The van der Waals surface area contributed by atoms with Crippen LogP contribution in [0.4, 0.5) is 0 Å². The SMILES string of the molecule is CC1(C)CCC(NC(=O)CCCCCCN)CC1.Cl. The molecule has 3 nitrogen and oxygen atoms in total. The van der Waals surface area contributed by atoms with Crippen LogP contribution in [0.15, 0.2) is 0 Å². The molecular weight excluding hydrogens is 260 g/mol. The molecule has 0 heterocycles. The predicted octanol–water partition coefficient (Wildman–Crippen LogP) is 3.40. The first-order chi connectivity index (χ1) is 8.53. The van der Waals surface area contributed by atoms with E-state index >= 15 is 0 Å². The zero-order valence-corrected chi connectivity index (χ0v) is 13.4. The van der Waals surface area contributed by atoms with Crippen molar-refractivity contribution in [2.24, 2.45) is 11.1 Å². The Kier molecular flexibility index (Phi) is 9.46. The second-order valence-corrected chi connectivity index (χ2v) is 6.46. The summed E-state index contributed by atoms with van der Waals surface area (Å²) >= 11 is 0. The number of unbranched alkanes of at least 4 members (excludes halogenated alkanes) is 3. The topological polar surface area (TPSA) is 55.1 Å². The van der Waals surface area contributed by atoms with E-state index in [0.717, 1.165) is 45.1 Å². The van der Waals surface area contributed by atoms with Gasteiger partial charge in [-0.25, -0.2) is 0 Å². The number of carbonyl (C=O) groups excluding carboxylic acids is 1. The molecule has 1 aliphatic rings. The molecule has 1 fully saturated rings. The molecule has 0 aliphatic heterocycles. The van der Waals surface area contributed by atoms with Gasteiger partial charge in [-0.1, -0.05) is 26.7 Å². The van der Waals surface area contributed by atoms with Crippen LogP contribution in [-0.2, 0) is 4.79 Å². The third-order valence-electron chi connectivity index (χ3n) is 4.06. The summed E-state index contributed by atoms with van der Waals surface area (Å²) in [5.74, 6) is 0.243.